The van der Waals surface area contributed by atoms with Crippen molar-refractivity contribution in [2.45, 2.75) is 25.3 Å². The van der Waals surface area contributed by atoms with Gasteiger partial charge in [0.2, 0.25) is 0 Å². The van der Waals surface area contributed by atoms with Crippen LogP contribution in [0.3, 0.4) is 0 Å². The number of rotatable bonds is 4. The van der Waals surface area contributed by atoms with E-state index in [4.69, 9.17) is 4.74 Å². The van der Waals surface area contributed by atoms with Gasteiger partial charge in [-0.1, -0.05) is 6.07 Å². The highest BCUT2D eigenvalue weighted by atomic mass is 79.9. The largest absolute Gasteiger partial charge is 0.461 e. The first kappa shape index (κ1) is 17.2. The van der Waals surface area contributed by atoms with Crippen molar-refractivity contribution in [3.05, 3.63) is 46.0 Å². The fraction of sp³-hybridized carbons (Fsp3) is 0.389. The molecule has 2 aliphatic heterocycles. The average Bonchev–Trinajstić information content (AvgIpc) is 3.25. The van der Waals surface area contributed by atoms with Gasteiger partial charge in [-0.2, -0.15) is 0 Å². The summed E-state index contributed by atoms with van der Waals surface area (Å²) < 4.78 is 19.9. The molecule has 1 fully saturated rings. The van der Waals surface area contributed by atoms with Gasteiger partial charge in [-0.15, -0.1) is 0 Å². The van der Waals surface area contributed by atoms with Crippen LogP contribution in [0.4, 0.5) is 4.39 Å². The third-order valence-corrected chi connectivity index (χ3v) is 5.46. The van der Waals surface area contributed by atoms with E-state index in [1.54, 1.807) is 15.8 Å². The number of hydrogen-bond donors (Lipinski definition) is 0. The minimum absolute atomic E-state index is 0.0110. The lowest BCUT2D eigenvalue weighted by Gasteiger charge is -2.23. The van der Waals surface area contributed by atoms with Gasteiger partial charge in [0, 0.05) is 17.4 Å². The Labute approximate surface area is 158 Å². The fourth-order valence-corrected chi connectivity index (χ4v) is 4.20. The van der Waals surface area contributed by atoms with Crippen molar-refractivity contribution in [1.29, 1.82) is 0 Å². The van der Waals surface area contributed by atoms with Crippen molar-refractivity contribution >= 4 is 27.8 Å². The summed E-state index contributed by atoms with van der Waals surface area (Å²) in [5.74, 6) is -0.639. The summed E-state index contributed by atoms with van der Waals surface area (Å²) in [6.07, 6.45) is 3.33. The SMILES string of the molecule is O=C(OCCCF)c1ncn2c1[C@@H]1CCCN1C(=O)c1c(Br)cccc1-2. The number of hydrogen-bond acceptors (Lipinski definition) is 4. The lowest BCUT2D eigenvalue weighted by Crippen LogP contribution is -2.30. The summed E-state index contributed by atoms with van der Waals surface area (Å²) in [5.41, 5.74) is 2.11. The number of nitrogens with zero attached hydrogens (tertiary/aromatic N) is 3. The van der Waals surface area contributed by atoms with Crippen LogP contribution >= 0.6 is 15.9 Å². The van der Waals surface area contributed by atoms with E-state index in [1.165, 1.54) is 0 Å². The Hall–Kier alpha value is -2.22. The van der Waals surface area contributed by atoms with Crippen LogP contribution in [-0.4, -0.2) is 46.2 Å². The summed E-state index contributed by atoms with van der Waals surface area (Å²) in [4.78, 5) is 31.7. The fourth-order valence-electron chi connectivity index (χ4n) is 3.68. The summed E-state index contributed by atoms with van der Waals surface area (Å²) >= 11 is 3.48. The Morgan fingerprint density at radius 3 is 3.08 bits per heavy atom. The number of alkyl halides is 1. The molecule has 26 heavy (non-hydrogen) atoms. The van der Waals surface area contributed by atoms with Gasteiger partial charge in [0.15, 0.2) is 5.69 Å². The molecule has 0 aliphatic carbocycles. The highest BCUT2D eigenvalue weighted by molar-refractivity contribution is 9.10. The second kappa shape index (κ2) is 6.83. The van der Waals surface area contributed by atoms with Crippen LogP contribution in [0.1, 0.15) is 51.8 Å². The van der Waals surface area contributed by atoms with E-state index in [2.05, 4.69) is 20.9 Å². The van der Waals surface area contributed by atoms with Crippen molar-refractivity contribution in [3.63, 3.8) is 0 Å². The zero-order chi connectivity index (χ0) is 18.3. The van der Waals surface area contributed by atoms with Gasteiger partial charge < -0.3 is 9.64 Å². The number of esters is 1. The maximum atomic E-state index is 13.1. The molecule has 1 aromatic heterocycles. The molecule has 1 saturated heterocycles. The van der Waals surface area contributed by atoms with E-state index in [1.807, 2.05) is 18.2 Å². The Morgan fingerprint density at radius 2 is 2.27 bits per heavy atom. The number of ether oxygens (including phenoxy) is 1. The van der Waals surface area contributed by atoms with Crippen LogP contribution in [0.2, 0.25) is 0 Å². The highest BCUT2D eigenvalue weighted by Gasteiger charge is 2.40. The standard InChI is InChI=1S/C18H17BrFN3O3/c19-11-4-1-5-12-14(11)17(24)22-8-2-6-13(22)16-15(21-10-23(12)16)18(25)26-9-3-7-20/h1,4-5,10,13H,2-3,6-9H2/t13-/m0/s1. The van der Waals surface area contributed by atoms with Crippen LogP contribution in [0.15, 0.2) is 29.0 Å². The van der Waals surface area contributed by atoms with Gasteiger partial charge in [-0.25, -0.2) is 9.78 Å². The Kier molecular flexibility index (Phi) is 4.52. The van der Waals surface area contributed by atoms with E-state index >= 15 is 0 Å². The molecule has 2 aliphatic rings. The van der Waals surface area contributed by atoms with E-state index in [-0.39, 0.29) is 30.7 Å². The first-order valence-electron chi connectivity index (χ1n) is 8.53. The molecular formula is C18H17BrFN3O3. The molecule has 0 saturated carbocycles. The Balaban J connectivity index is 1.85. The van der Waals surface area contributed by atoms with Gasteiger partial charge >= 0.3 is 5.97 Å². The van der Waals surface area contributed by atoms with Crippen LogP contribution in [0.25, 0.3) is 5.69 Å². The summed E-state index contributed by atoms with van der Waals surface area (Å²) in [5, 5.41) is 0. The molecule has 136 valence electrons. The summed E-state index contributed by atoms with van der Waals surface area (Å²) in [7, 11) is 0. The van der Waals surface area contributed by atoms with E-state index in [9.17, 15) is 14.0 Å². The normalized spacial score (nSPS) is 18.2. The molecule has 8 heteroatoms. The van der Waals surface area contributed by atoms with Crippen molar-refractivity contribution in [2.24, 2.45) is 0 Å². The number of fused-ring (bicyclic) bond motifs is 5. The molecule has 0 spiro atoms. The predicted molar refractivity (Wildman–Crippen MR) is 95.2 cm³/mol. The topological polar surface area (TPSA) is 64.4 Å². The number of halogens is 2. The molecule has 0 radical (unpaired) electrons. The van der Waals surface area contributed by atoms with E-state index in [0.717, 1.165) is 12.8 Å². The lowest BCUT2D eigenvalue weighted by molar-refractivity contribution is 0.0481. The molecule has 6 nitrogen and oxygen atoms in total. The molecule has 0 unspecified atom stereocenters. The number of aromatic nitrogens is 2. The van der Waals surface area contributed by atoms with Crippen molar-refractivity contribution in [2.75, 3.05) is 19.8 Å². The number of imidazole rings is 1. The van der Waals surface area contributed by atoms with Crippen LogP contribution in [0.5, 0.6) is 0 Å². The molecule has 1 aromatic carbocycles. The van der Waals surface area contributed by atoms with E-state index < -0.39 is 12.6 Å². The molecule has 1 amide bonds. The van der Waals surface area contributed by atoms with Gasteiger partial charge in [-0.3, -0.25) is 13.8 Å². The third kappa shape index (κ3) is 2.63. The second-order valence-electron chi connectivity index (χ2n) is 6.32. The van der Waals surface area contributed by atoms with Crippen LogP contribution in [-0.2, 0) is 4.74 Å². The molecular weight excluding hydrogens is 405 g/mol. The molecule has 3 heterocycles. The number of carbonyl (C=O) groups excluding carboxylic acids is 2. The number of benzene rings is 1. The smallest absolute Gasteiger partial charge is 0.358 e. The molecule has 0 bridgehead atoms. The average molecular weight is 422 g/mol. The third-order valence-electron chi connectivity index (χ3n) is 4.80. The van der Waals surface area contributed by atoms with Gasteiger partial charge in [0.05, 0.1) is 36.3 Å². The second-order valence-corrected chi connectivity index (χ2v) is 7.17. The first-order valence-corrected chi connectivity index (χ1v) is 9.33. The van der Waals surface area contributed by atoms with Gasteiger partial charge in [0.25, 0.3) is 5.91 Å². The van der Waals surface area contributed by atoms with E-state index in [0.29, 0.717) is 28.0 Å². The van der Waals surface area contributed by atoms with Crippen molar-refractivity contribution in [3.8, 4) is 5.69 Å². The monoisotopic (exact) mass is 421 g/mol. The quantitative estimate of drug-likeness (QED) is 0.560. The Morgan fingerprint density at radius 1 is 1.42 bits per heavy atom. The minimum Gasteiger partial charge on any atom is -0.461 e. The maximum absolute atomic E-state index is 13.1. The lowest BCUT2D eigenvalue weighted by atomic mass is 10.1. The summed E-state index contributed by atoms with van der Waals surface area (Å²) in [6.45, 7) is 0.101. The van der Waals surface area contributed by atoms with Crippen LogP contribution < -0.4 is 0 Å². The molecule has 0 N–H and O–H groups in total. The zero-order valence-corrected chi connectivity index (χ0v) is 15.5. The number of amides is 1. The Bertz CT molecular complexity index is 883. The van der Waals surface area contributed by atoms with Crippen LogP contribution in [0, 0.1) is 0 Å². The van der Waals surface area contributed by atoms with Gasteiger partial charge in [-0.05, 0) is 40.9 Å². The molecule has 2 aromatic rings. The zero-order valence-electron chi connectivity index (χ0n) is 14.0. The van der Waals surface area contributed by atoms with Crippen molar-refractivity contribution in [1.82, 2.24) is 14.5 Å². The predicted octanol–water partition coefficient (Wildman–Crippen LogP) is 3.44. The maximum Gasteiger partial charge on any atom is 0.358 e. The number of carbonyl (C=O) groups is 2. The highest BCUT2D eigenvalue weighted by Crippen LogP contribution is 2.41. The first-order chi connectivity index (χ1) is 12.6. The van der Waals surface area contributed by atoms with Gasteiger partial charge in [0.1, 0.15) is 6.33 Å². The van der Waals surface area contributed by atoms with Crippen molar-refractivity contribution < 1.29 is 18.7 Å². The minimum atomic E-state index is -0.579. The molecule has 1 atom stereocenters. The molecule has 4 rings (SSSR count). The summed E-state index contributed by atoms with van der Waals surface area (Å²) in [6, 6.07) is 5.28.